The molecule has 3 heterocycles. The summed E-state index contributed by atoms with van der Waals surface area (Å²) in [5.41, 5.74) is 0. The topological polar surface area (TPSA) is 74.5 Å². The molecule has 0 radical (unpaired) electrons. The molecule has 2 saturated heterocycles. The van der Waals surface area contributed by atoms with Crippen LogP contribution in [0.25, 0.3) is 0 Å². The van der Waals surface area contributed by atoms with Crippen LogP contribution in [-0.2, 0) is 17.8 Å². The molecule has 7 nitrogen and oxygen atoms in total. The molecule has 0 atom stereocenters. The van der Waals surface area contributed by atoms with Crippen LogP contribution in [0.2, 0.25) is 0 Å². The van der Waals surface area contributed by atoms with Crippen LogP contribution >= 0.6 is 12.4 Å². The van der Waals surface area contributed by atoms with Crippen molar-refractivity contribution in [3.05, 3.63) is 11.7 Å². The SMILES string of the molecule is CCc1nc(CN2CCN(C(=O)C3CNC3)CC2)no1.Cl. The number of carbonyl (C=O) groups is 1. The molecule has 118 valence electrons. The predicted octanol–water partition coefficient (Wildman–Crippen LogP) is -0.0826. The van der Waals surface area contributed by atoms with Gasteiger partial charge >= 0.3 is 0 Å². The molecule has 2 aliphatic heterocycles. The van der Waals surface area contributed by atoms with Gasteiger partial charge in [0.05, 0.1) is 12.5 Å². The average molecular weight is 316 g/mol. The van der Waals surface area contributed by atoms with Gasteiger partial charge < -0.3 is 14.7 Å². The molecule has 1 aromatic heterocycles. The smallest absolute Gasteiger partial charge is 0.228 e. The highest BCUT2D eigenvalue weighted by Crippen LogP contribution is 2.12. The third-order valence-corrected chi connectivity index (χ3v) is 3.99. The molecular formula is C13H22ClN5O2. The Kier molecular flexibility index (Phi) is 5.55. The number of piperazine rings is 1. The zero-order valence-electron chi connectivity index (χ0n) is 12.2. The highest BCUT2D eigenvalue weighted by atomic mass is 35.5. The number of carbonyl (C=O) groups excluding carboxylic acids is 1. The molecule has 0 unspecified atom stereocenters. The molecule has 0 bridgehead atoms. The van der Waals surface area contributed by atoms with Crippen LogP contribution in [0.1, 0.15) is 18.6 Å². The van der Waals surface area contributed by atoms with E-state index in [1.807, 2.05) is 11.8 Å². The molecule has 0 aliphatic carbocycles. The number of nitrogens with one attached hydrogen (secondary N) is 1. The lowest BCUT2D eigenvalue weighted by atomic mass is 10.0. The Hall–Kier alpha value is -1.18. The molecule has 1 amide bonds. The first kappa shape index (κ1) is 16.2. The second kappa shape index (κ2) is 7.20. The van der Waals surface area contributed by atoms with E-state index >= 15 is 0 Å². The van der Waals surface area contributed by atoms with Crippen LogP contribution in [-0.4, -0.2) is 65.1 Å². The lowest BCUT2D eigenvalue weighted by Gasteiger charge is -2.38. The maximum absolute atomic E-state index is 12.1. The van der Waals surface area contributed by atoms with Crippen LogP contribution in [0, 0.1) is 5.92 Å². The highest BCUT2D eigenvalue weighted by Gasteiger charge is 2.31. The van der Waals surface area contributed by atoms with E-state index < -0.39 is 0 Å². The van der Waals surface area contributed by atoms with Gasteiger partial charge in [0.2, 0.25) is 11.8 Å². The summed E-state index contributed by atoms with van der Waals surface area (Å²) in [7, 11) is 0. The predicted molar refractivity (Wildman–Crippen MR) is 79.1 cm³/mol. The minimum atomic E-state index is 0. The molecule has 2 aliphatic rings. The van der Waals surface area contributed by atoms with E-state index in [0.29, 0.717) is 18.3 Å². The lowest BCUT2D eigenvalue weighted by molar-refractivity contribution is -0.138. The van der Waals surface area contributed by atoms with Gasteiger partial charge in [-0.05, 0) is 0 Å². The third-order valence-electron chi connectivity index (χ3n) is 3.99. The minimum absolute atomic E-state index is 0. The standard InChI is InChI=1S/C13H21N5O2.ClH/c1-2-12-15-11(16-20-12)9-17-3-5-18(6-4-17)13(19)10-7-14-8-10;/h10,14H,2-9H2,1H3;1H. The Morgan fingerprint density at radius 3 is 2.57 bits per heavy atom. The van der Waals surface area contributed by atoms with Gasteiger partial charge in [-0.2, -0.15) is 4.98 Å². The molecular weight excluding hydrogens is 294 g/mol. The Bertz CT molecular complexity index is 469. The van der Waals surface area contributed by atoms with Gasteiger partial charge in [-0.15, -0.1) is 12.4 Å². The van der Waals surface area contributed by atoms with E-state index in [4.69, 9.17) is 4.52 Å². The van der Waals surface area contributed by atoms with E-state index in [1.165, 1.54) is 0 Å². The molecule has 0 spiro atoms. The highest BCUT2D eigenvalue weighted by molar-refractivity contribution is 5.85. The molecule has 8 heteroatoms. The van der Waals surface area contributed by atoms with Crippen molar-refractivity contribution in [3.63, 3.8) is 0 Å². The van der Waals surface area contributed by atoms with E-state index in [-0.39, 0.29) is 18.3 Å². The summed E-state index contributed by atoms with van der Waals surface area (Å²) in [6.07, 6.45) is 0.769. The summed E-state index contributed by atoms with van der Waals surface area (Å²) in [5.74, 6) is 1.93. The second-order valence-electron chi connectivity index (χ2n) is 5.41. The van der Waals surface area contributed by atoms with Crippen LogP contribution in [0.4, 0.5) is 0 Å². The molecule has 1 aromatic rings. The number of nitrogens with zero attached hydrogens (tertiary/aromatic N) is 4. The van der Waals surface area contributed by atoms with Crippen molar-refractivity contribution < 1.29 is 9.32 Å². The maximum atomic E-state index is 12.1. The molecule has 2 fully saturated rings. The number of hydrogen-bond donors (Lipinski definition) is 1. The zero-order chi connectivity index (χ0) is 13.9. The Morgan fingerprint density at radius 2 is 2.05 bits per heavy atom. The van der Waals surface area contributed by atoms with Gasteiger partial charge in [0, 0.05) is 45.7 Å². The number of aryl methyl sites for hydroxylation is 1. The van der Waals surface area contributed by atoms with Crippen molar-refractivity contribution in [1.82, 2.24) is 25.3 Å². The number of aromatic nitrogens is 2. The summed E-state index contributed by atoms with van der Waals surface area (Å²) < 4.78 is 5.11. The van der Waals surface area contributed by atoms with Gasteiger partial charge in [0.15, 0.2) is 5.82 Å². The van der Waals surface area contributed by atoms with Crippen molar-refractivity contribution in [2.75, 3.05) is 39.3 Å². The molecule has 1 N–H and O–H groups in total. The van der Waals surface area contributed by atoms with E-state index in [1.54, 1.807) is 0 Å². The summed E-state index contributed by atoms with van der Waals surface area (Å²) in [6, 6.07) is 0. The Labute approximate surface area is 130 Å². The molecule has 3 rings (SSSR count). The van der Waals surface area contributed by atoms with E-state index in [0.717, 1.165) is 51.5 Å². The normalized spacial score (nSPS) is 20.0. The van der Waals surface area contributed by atoms with Crippen molar-refractivity contribution >= 4 is 18.3 Å². The van der Waals surface area contributed by atoms with Crippen LogP contribution in [0.5, 0.6) is 0 Å². The minimum Gasteiger partial charge on any atom is -0.340 e. The van der Waals surface area contributed by atoms with Crippen LogP contribution in [0.3, 0.4) is 0 Å². The molecule has 0 saturated carbocycles. The van der Waals surface area contributed by atoms with Crippen LogP contribution < -0.4 is 5.32 Å². The summed E-state index contributed by atoms with van der Waals surface area (Å²) in [5, 5.41) is 7.11. The first-order valence-electron chi connectivity index (χ1n) is 7.29. The monoisotopic (exact) mass is 315 g/mol. The quantitative estimate of drug-likeness (QED) is 0.837. The zero-order valence-corrected chi connectivity index (χ0v) is 13.1. The fourth-order valence-electron chi connectivity index (χ4n) is 2.55. The van der Waals surface area contributed by atoms with E-state index in [2.05, 4.69) is 20.4 Å². The van der Waals surface area contributed by atoms with Crippen molar-refractivity contribution in [2.24, 2.45) is 5.92 Å². The fourth-order valence-corrected chi connectivity index (χ4v) is 2.55. The summed E-state index contributed by atoms with van der Waals surface area (Å²) >= 11 is 0. The van der Waals surface area contributed by atoms with Crippen molar-refractivity contribution in [3.8, 4) is 0 Å². The fraction of sp³-hybridized carbons (Fsp3) is 0.769. The average Bonchev–Trinajstić information content (AvgIpc) is 2.85. The first-order chi connectivity index (χ1) is 9.76. The number of rotatable bonds is 4. The first-order valence-corrected chi connectivity index (χ1v) is 7.29. The van der Waals surface area contributed by atoms with Gasteiger partial charge in [-0.1, -0.05) is 12.1 Å². The number of hydrogen-bond acceptors (Lipinski definition) is 6. The van der Waals surface area contributed by atoms with Gasteiger partial charge in [-0.25, -0.2) is 0 Å². The lowest BCUT2D eigenvalue weighted by Crippen LogP contribution is -2.56. The third kappa shape index (κ3) is 3.72. The van der Waals surface area contributed by atoms with Gasteiger partial charge in [-0.3, -0.25) is 9.69 Å². The van der Waals surface area contributed by atoms with Crippen LogP contribution in [0.15, 0.2) is 4.52 Å². The summed E-state index contributed by atoms with van der Waals surface area (Å²) in [4.78, 5) is 20.7. The summed E-state index contributed by atoms with van der Waals surface area (Å²) in [6.45, 7) is 7.72. The molecule has 21 heavy (non-hydrogen) atoms. The van der Waals surface area contributed by atoms with Gasteiger partial charge in [0.25, 0.3) is 0 Å². The second-order valence-corrected chi connectivity index (χ2v) is 5.41. The van der Waals surface area contributed by atoms with Crippen molar-refractivity contribution in [1.29, 1.82) is 0 Å². The Morgan fingerprint density at radius 1 is 1.33 bits per heavy atom. The number of amides is 1. The number of halogens is 1. The van der Waals surface area contributed by atoms with Gasteiger partial charge in [0.1, 0.15) is 0 Å². The van der Waals surface area contributed by atoms with E-state index in [9.17, 15) is 4.79 Å². The molecule has 0 aromatic carbocycles. The largest absolute Gasteiger partial charge is 0.340 e. The van der Waals surface area contributed by atoms with Crippen molar-refractivity contribution in [2.45, 2.75) is 19.9 Å². The maximum Gasteiger partial charge on any atom is 0.228 e. The Balaban J connectivity index is 0.00000161.